The van der Waals surface area contributed by atoms with Crippen LogP contribution < -0.4 is 5.32 Å². The number of carbonyl (C=O) groups excluding carboxylic acids is 1. The predicted octanol–water partition coefficient (Wildman–Crippen LogP) is 1.23. The molecule has 0 heterocycles. The van der Waals surface area contributed by atoms with Crippen LogP contribution in [-0.2, 0) is 0 Å². The van der Waals surface area contributed by atoms with Gasteiger partial charge >= 0.3 is 5.97 Å². The van der Waals surface area contributed by atoms with Gasteiger partial charge in [0.25, 0.3) is 5.91 Å². The molecule has 0 saturated carbocycles. The Balaban J connectivity index is 2.94. The minimum absolute atomic E-state index is 0.226. The van der Waals surface area contributed by atoms with Crippen LogP contribution in [0.1, 0.15) is 34.1 Å². The van der Waals surface area contributed by atoms with E-state index in [4.69, 9.17) is 5.11 Å². The van der Waals surface area contributed by atoms with Crippen molar-refractivity contribution in [2.75, 3.05) is 6.54 Å². The van der Waals surface area contributed by atoms with Crippen LogP contribution >= 0.6 is 0 Å². The zero-order chi connectivity index (χ0) is 12.1. The van der Waals surface area contributed by atoms with Gasteiger partial charge in [-0.3, -0.25) is 4.79 Å². The number of carboxylic acid groups (broad SMARTS) is 1. The average Bonchev–Trinajstić information content (AvgIpc) is 2.26. The van der Waals surface area contributed by atoms with E-state index in [-0.39, 0.29) is 22.8 Å². The average molecular weight is 223 g/mol. The van der Waals surface area contributed by atoms with Crippen LogP contribution in [-0.4, -0.2) is 28.6 Å². The Morgan fingerprint density at radius 1 is 1.38 bits per heavy atom. The summed E-state index contributed by atoms with van der Waals surface area (Å²) in [5, 5.41) is 20.6. The van der Waals surface area contributed by atoms with Gasteiger partial charge in [0.2, 0.25) is 0 Å². The monoisotopic (exact) mass is 223 g/mol. The normalized spacial score (nSPS) is 9.81. The lowest BCUT2D eigenvalue weighted by atomic mass is 10.1. The Kier molecular flexibility index (Phi) is 3.88. The predicted molar refractivity (Wildman–Crippen MR) is 57.7 cm³/mol. The molecule has 1 rings (SSSR count). The molecule has 1 aromatic rings. The third kappa shape index (κ3) is 2.73. The van der Waals surface area contributed by atoms with Crippen molar-refractivity contribution >= 4 is 11.9 Å². The quantitative estimate of drug-likeness (QED) is 0.716. The standard InChI is InChI=1S/C11H13NO4/c1-2-5-12-10(14)7-3-4-9(13)8(6-7)11(15)16/h3-4,6,13H,2,5H2,1H3,(H,12,14)(H,15,16). The van der Waals surface area contributed by atoms with Crippen LogP contribution in [0.4, 0.5) is 0 Å². The Hall–Kier alpha value is -2.04. The number of amides is 1. The molecule has 1 aromatic carbocycles. The number of nitrogens with one attached hydrogen (secondary N) is 1. The van der Waals surface area contributed by atoms with Crippen LogP contribution in [0.2, 0.25) is 0 Å². The van der Waals surface area contributed by atoms with E-state index >= 15 is 0 Å². The Morgan fingerprint density at radius 3 is 2.62 bits per heavy atom. The van der Waals surface area contributed by atoms with E-state index < -0.39 is 5.97 Å². The number of carboxylic acids is 1. The van der Waals surface area contributed by atoms with E-state index in [2.05, 4.69) is 5.32 Å². The zero-order valence-electron chi connectivity index (χ0n) is 8.86. The molecule has 0 aliphatic carbocycles. The molecule has 0 saturated heterocycles. The van der Waals surface area contributed by atoms with Gasteiger partial charge in [-0.25, -0.2) is 4.79 Å². The molecule has 16 heavy (non-hydrogen) atoms. The summed E-state index contributed by atoms with van der Waals surface area (Å²) in [5.74, 6) is -1.95. The van der Waals surface area contributed by atoms with Crippen molar-refractivity contribution in [2.24, 2.45) is 0 Å². The van der Waals surface area contributed by atoms with Gasteiger partial charge in [-0.15, -0.1) is 0 Å². The number of hydrogen-bond acceptors (Lipinski definition) is 3. The molecule has 5 nitrogen and oxygen atoms in total. The molecule has 5 heteroatoms. The van der Waals surface area contributed by atoms with Crippen molar-refractivity contribution in [3.63, 3.8) is 0 Å². The summed E-state index contributed by atoms with van der Waals surface area (Å²) < 4.78 is 0. The highest BCUT2D eigenvalue weighted by atomic mass is 16.4. The molecule has 0 aliphatic heterocycles. The van der Waals surface area contributed by atoms with E-state index in [1.54, 1.807) is 0 Å². The summed E-state index contributed by atoms with van der Waals surface area (Å²) in [7, 11) is 0. The maximum absolute atomic E-state index is 11.5. The van der Waals surface area contributed by atoms with Gasteiger partial charge < -0.3 is 15.5 Å². The van der Waals surface area contributed by atoms with E-state index in [0.29, 0.717) is 6.54 Å². The number of phenols is 1. The van der Waals surface area contributed by atoms with Crippen molar-refractivity contribution < 1.29 is 19.8 Å². The van der Waals surface area contributed by atoms with Crippen LogP contribution in [0, 0.1) is 0 Å². The van der Waals surface area contributed by atoms with Crippen LogP contribution in [0.5, 0.6) is 5.75 Å². The SMILES string of the molecule is CCCNC(=O)c1ccc(O)c(C(=O)O)c1. The first-order valence-corrected chi connectivity index (χ1v) is 4.90. The van der Waals surface area contributed by atoms with Crippen LogP contribution in [0.25, 0.3) is 0 Å². The van der Waals surface area contributed by atoms with Gasteiger partial charge in [-0.2, -0.15) is 0 Å². The molecule has 0 radical (unpaired) electrons. The second kappa shape index (κ2) is 5.16. The highest BCUT2D eigenvalue weighted by Gasteiger charge is 2.13. The molecule has 0 atom stereocenters. The summed E-state index contributed by atoms with van der Waals surface area (Å²) in [6.07, 6.45) is 0.801. The molecule has 3 N–H and O–H groups in total. The molecule has 0 aromatic heterocycles. The van der Waals surface area contributed by atoms with Gasteiger partial charge in [0.05, 0.1) is 0 Å². The molecule has 0 unspecified atom stereocenters. The highest BCUT2D eigenvalue weighted by Crippen LogP contribution is 2.18. The second-order valence-corrected chi connectivity index (χ2v) is 3.29. The second-order valence-electron chi connectivity index (χ2n) is 3.29. The van der Waals surface area contributed by atoms with Gasteiger partial charge in [0.1, 0.15) is 11.3 Å². The minimum Gasteiger partial charge on any atom is -0.507 e. The lowest BCUT2D eigenvalue weighted by Crippen LogP contribution is -2.24. The number of carbonyl (C=O) groups is 2. The molecule has 1 amide bonds. The van der Waals surface area contributed by atoms with Crippen molar-refractivity contribution in [3.8, 4) is 5.75 Å². The molecule has 0 fully saturated rings. The Labute approximate surface area is 92.7 Å². The number of aromatic hydroxyl groups is 1. The van der Waals surface area contributed by atoms with Gasteiger partial charge in [-0.1, -0.05) is 6.92 Å². The van der Waals surface area contributed by atoms with Gasteiger partial charge in [0.15, 0.2) is 0 Å². The third-order valence-corrected chi connectivity index (χ3v) is 2.02. The van der Waals surface area contributed by atoms with Crippen molar-refractivity contribution in [1.82, 2.24) is 5.32 Å². The van der Waals surface area contributed by atoms with E-state index in [1.807, 2.05) is 6.92 Å². The highest BCUT2D eigenvalue weighted by molar-refractivity contribution is 5.98. The topological polar surface area (TPSA) is 86.6 Å². The molecule has 86 valence electrons. The molecule has 0 spiro atoms. The zero-order valence-corrected chi connectivity index (χ0v) is 8.86. The smallest absolute Gasteiger partial charge is 0.339 e. The molecular weight excluding hydrogens is 210 g/mol. The summed E-state index contributed by atoms with van der Waals surface area (Å²) in [6, 6.07) is 3.74. The molecular formula is C11H13NO4. The van der Waals surface area contributed by atoms with Crippen molar-refractivity contribution in [1.29, 1.82) is 0 Å². The molecule has 0 aliphatic rings. The fourth-order valence-electron chi connectivity index (χ4n) is 1.19. The largest absolute Gasteiger partial charge is 0.507 e. The van der Waals surface area contributed by atoms with Crippen molar-refractivity contribution in [3.05, 3.63) is 29.3 Å². The first kappa shape index (κ1) is 12.0. The van der Waals surface area contributed by atoms with E-state index in [9.17, 15) is 14.7 Å². The maximum atomic E-state index is 11.5. The summed E-state index contributed by atoms with van der Waals surface area (Å²) in [6.45, 7) is 2.45. The number of hydrogen-bond donors (Lipinski definition) is 3. The number of benzene rings is 1. The Bertz CT molecular complexity index is 414. The lowest BCUT2D eigenvalue weighted by Gasteiger charge is -2.05. The van der Waals surface area contributed by atoms with Crippen LogP contribution in [0.15, 0.2) is 18.2 Å². The Morgan fingerprint density at radius 2 is 2.06 bits per heavy atom. The fourth-order valence-corrected chi connectivity index (χ4v) is 1.19. The van der Waals surface area contributed by atoms with E-state index in [0.717, 1.165) is 12.5 Å². The lowest BCUT2D eigenvalue weighted by molar-refractivity contribution is 0.0693. The number of rotatable bonds is 4. The van der Waals surface area contributed by atoms with Gasteiger partial charge in [-0.05, 0) is 24.6 Å². The third-order valence-electron chi connectivity index (χ3n) is 2.02. The first-order valence-electron chi connectivity index (χ1n) is 4.90. The summed E-state index contributed by atoms with van der Waals surface area (Å²) in [4.78, 5) is 22.2. The van der Waals surface area contributed by atoms with E-state index in [1.165, 1.54) is 12.1 Å². The minimum atomic E-state index is -1.26. The van der Waals surface area contributed by atoms with Gasteiger partial charge in [0, 0.05) is 12.1 Å². The van der Waals surface area contributed by atoms with Crippen molar-refractivity contribution in [2.45, 2.75) is 13.3 Å². The van der Waals surface area contributed by atoms with Crippen LogP contribution in [0.3, 0.4) is 0 Å². The summed E-state index contributed by atoms with van der Waals surface area (Å²) in [5.41, 5.74) is -0.0483. The fraction of sp³-hybridized carbons (Fsp3) is 0.273. The first-order chi connectivity index (χ1) is 7.56. The number of aromatic carboxylic acids is 1. The molecule has 0 bridgehead atoms. The maximum Gasteiger partial charge on any atom is 0.339 e. The summed E-state index contributed by atoms with van der Waals surface area (Å²) >= 11 is 0.